The topological polar surface area (TPSA) is 111 Å². The largest absolute Gasteiger partial charge is 0.463 e. The van der Waals surface area contributed by atoms with Gasteiger partial charge < -0.3 is 14.2 Å². The number of rotatable bonds is 4. The van der Waals surface area contributed by atoms with E-state index in [2.05, 4.69) is 10.0 Å². The van der Waals surface area contributed by atoms with E-state index < -0.39 is 30.4 Å². The Kier molecular flexibility index (Phi) is 5.79. The molecule has 0 bridgehead atoms. The van der Waals surface area contributed by atoms with Gasteiger partial charge in [-0.25, -0.2) is 0 Å². The van der Waals surface area contributed by atoms with Crippen LogP contribution < -0.4 is 0 Å². The number of hydrogen-bond acceptors (Lipinski definition) is 6. The van der Waals surface area contributed by atoms with Crippen molar-refractivity contribution < 1.29 is 23.8 Å². The highest BCUT2D eigenvalue weighted by atomic mass is 16.7. The first-order valence-corrected chi connectivity index (χ1v) is 6.37. The molecule has 0 N–H and O–H groups in total. The molecule has 0 aliphatic carbocycles. The van der Waals surface area contributed by atoms with Gasteiger partial charge in [0.2, 0.25) is 6.29 Å². The Balaban J connectivity index is 2.87. The van der Waals surface area contributed by atoms with E-state index in [0.29, 0.717) is 0 Å². The van der Waals surface area contributed by atoms with Gasteiger partial charge in [-0.15, -0.1) is 0 Å². The minimum Gasteiger partial charge on any atom is -0.463 e. The van der Waals surface area contributed by atoms with Crippen LogP contribution in [0.2, 0.25) is 0 Å². The van der Waals surface area contributed by atoms with Crippen molar-refractivity contribution in [2.45, 2.75) is 46.1 Å². The molecule has 8 nitrogen and oxygen atoms in total. The molecule has 20 heavy (non-hydrogen) atoms. The highest BCUT2D eigenvalue weighted by Crippen LogP contribution is 2.33. The second kappa shape index (κ2) is 7.12. The summed E-state index contributed by atoms with van der Waals surface area (Å²) in [5.74, 6) is -1.13. The SMILES string of the molecule is CC(=O)OCC1OC(OC(C)=O)C(C)[C@@H](C)[C@@H]1N=[N+]=[N-]. The van der Waals surface area contributed by atoms with Crippen LogP contribution in [-0.2, 0) is 23.8 Å². The van der Waals surface area contributed by atoms with Gasteiger partial charge in [0, 0.05) is 24.7 Å². The second-order valence-electron chi connectivity index (χ2n) is 4.87. The summed E-state index contributed by atoms with van der Waals surface area (Å²) in [5, 5.41) is 3.71. The standard InChI is InChI=1S/C12H19N3O5/c1-6-7(2)12(19-9(4)17)20-10(5-18-8(3)16)11(6)14-15-13/h6-7,10-12H,5H2,1-4H3/t6-,7?,10?,11+,12?/m1/s1. The summed E-state index contributed by atoms with van der Waals surface area (Å²) >= 11 is 0. The van der Waals surface area contributed by atoms with Crippen molar-refractivity contribution in [1.82, 2.24) is 0 Å². The van der Waals surface area contributed by atoms with Gasteiger partial charge in [-0.05, 0) is 11.4 Å². The predicted octanol–water partition coefficient (Wildman–Crippen LogP) is 1.79. The van der Waals surface area contributed by atoms with Crippen LogP contribution in [0.3, 0.4) is 0 Å². The van der Waals surface area contributed by atoms with Crippen LogP contribution in [-0.4, -0.2) is 37.0 Å². The van der Waals surface area contributed by atoms with Crippen LogP contribution in [0.25, 0.3) is 10.4 Å². The molecule has 1 rings (SSSR count). The van der Waals surface area contributed by atoms with Gasteiger partial charge in [0.25, 0.3) is 0 Å². The Labute approximate surface area is 117 Å². The van der Waals surface area contributed by atoms with E-state index in [1.54, 1.807) is 0 Å². The number of hydrogen-bond donors (Lipinski definition) is 0. The summed E-state index contributed by atoms with van der Waals surface area (Å²) in [6.07, 6.45) is -1.38. The van der Waals surface area contributed by atoms with Gasteiger partial charge in [0.1, 0.15) is 12.7 Å². The van der Waals surface area contributed by atoms with Crippen LogP contribution in [0.5, 0.6) is 0 Å². The molecule has 3 unspecified atom stereocenters. The molecule has 8 heteroatoms. The Bertz CT molecular complexity index is 419. The fourth-order valence-electron chi connectivity index (χ4n) is 2.15. The van der Waals surface area contributed by atoms with E-state index >= 15 is 0 Å². The van der Waals surface area contributed by atoms with Gasteiger partial charge in [-0.1, -0.05) is 19.0 Å². The Hall–Kier alpha value is -1.79. The molecule has 0 amide bonds. The number of azide groups is 1. The second-order valence-corrected chi connectivity index (χ2v) is 4.87. The smallest absolute Gasteiger partial charge is 0.304 e. The molecule has 1 aliphatic heterocycles. The molecule has 5 atom stereocenters. The van der Waals surface area contributed by atoms with Gasteiger partial charge in [-0.3, -0.25) is 9.59 Å². The highest BCUT2D eigenvalue weighted by Gasteiger charge is 2.43. The summed E-state index contributed by atoms with van der Waals surface area (Å²) in [7, 11) is 0. The number of esters is 2. The third kappa shape index (κ3) is 4.11. The lowest BCUT2D eigenvalue weighted by Gasteiger charge is -2.41. The molecule has 0 aromatic carbocycles. The fraction of sp³-hybridized carbons (Fsp3) is 0.833. The lowest BCUT2D eigenvalue weighted by atomic mass is 9.83. The number of ether oxygens (including phenoxy) is 3. The van der Waals surface area contributed by atoms with Gasteiger partial charge >= 0.3 is 11.9 Å². The minimum atomic E-state index is -0.742. The summed E-state index contributed by atoms with van der Waals surface area (Å²) in [4.78, 5) is 24.8. The van der Waals surface area contributed by atoms with Crippen molar-refractivity contribution in [3.8, 4) is 0 Å². The summed E-state index contributed by atoms with van der Waals surface area (Å²) in [5.41, 5.74) is 8.64. The molecule has 1 heterocycles. The van der Waals surface area contributed by atoms with Gasteiger partial charge in [0.05, 0.1) is 6.04 Å². The minimum absolute atomic E-state index is 0.0478. The summed E-state index contributed by atoms with van der Waals surface area (Å²) in [6, 6.07) is -0.485. The number of carbonyl (C=O) groups is 2. The molecular weight excluding hydrogens is 266 g/mol. The maximum absolute atomic E-state index is 11.1. The zero-order valence-electron chi connectivity index (χ0n) is 12.0. The Morgan fingerprint density at radius 3 is 2.40 bits per heavy atom. The maximum Gasteiger partial charge on any atom is 0.304 e. The molecule has 0 radical (unpaired) electrons. The van der Waals surface area contributed by atoms with Crippen molar-refractivity contribution in [1.29, 1.82) is 0 Å². The molecular formula is C12H19N3O5. The normalized spacial score (nSPS) is 32.9. The number of carbonyl (C=O) groups excluding carboxylic acids is 2. The van der Waals surface area contributed by atoms with Crippen LogP contribution in [0.4, 0.5) is 0 Å². The molecule has 0 spiro atoms. The maximum atomic E-state index is 11.1. The van der Waals surface area contributed by atoms with Crippen molar-refractivity contribution in [3.63, 3.8) is 0 Å². The van der Waals surface area contributed by atoms with E-state index in [9.17, 15) is 9.59 Å². The van der Waals surface area contributed by atoms with E-state index in [4.69, 9.17) is 19.7 Å². The molecule has 1 saturated heterocycles. The van der Waals surface area contributed by atoms with E-state index in [1.165, 1.54) is 13.8 Å². The van der Waals surface area contributed by atoms with Gasteiger partial charge in [-0.2, -0.15) is 0 Å². The van der Waals surface area contributed by atoms with Crippen LogP contribution in [0.1, 0.15) is 27.7 Å². The van der Waals surface area contributed by atoms with Crippen molar-refractivity contribution in [3.05, 3.63) is 10.4 Å². The predicted molar refractivity (Wildman–Crippen MR) is 68.3 cm³/mol. The van der Waals surface area contributed by atoms with Crippen LogP contribution in [0, 0.1) is 11.8 Å². The third-order valence-electron chi connectivity index (χ3n) is 3.41. The molecule has 0 aromatic heterocycles. The third-order valence-corrected chi connectivity index (χ3v) is 3.41. The zero-order valence-corrected chi connectivity index (χ0v) is 12.0. The van der Waals surface area contributed by atoms with Crippen molar-refractivity contribution in [2.24, 2.45) is 17.0 Å². The molecule has 1 aliphatic rings. The molecule has 1 fully saturated rings. The van der Waals surface area contributed by atoms with E-state index in [1.807, 2.05) is 13.8 Å². The summed E-state index contributed by atoms with van der Waals surface area (Å²) < 4.78 is 15.6. The van der Waals surface area contributed by atoms with Crippen LogP contribution >= 0.6 is 0 Å². The Morgan fingerprint density at radius 1 is 1.25 bits per heavy atom. The van der Waals surface area contributed by atoms with E-state index in [0.717, 1.165) is 0 Å². The van der Waals surface area contributed by atoms with E-state index in [-0.39, 0.29) is 18.4 Å². The molecule has 0 saturated carbocycles. The quantitative estimate of drug-likeness (QED) is 0.338. The molecule has 0 aromatic rings. The summed E-state index contributed by atoms with van der Waals surface area (Å²) in [6.45, 7) is 6.25. The highest BCUT2D eigenvalue weighted by molar-refractivity contribution is 5.66. The van der Waals surface area contributed by atoms with Crippen LogP contribution in [0.15, 0.2) is 5.11 Å². The average Bonchev–Trinajstić information content (AvgIpc) is 2.36. The first-order chi connectivity index (χ1) is 9.36. The molecule has 112 valence electrons. The average molecular weight is 285 g/mol. The first-order valence-electron chi connectivity index (χ1n) is 6.37. The fourth-order valence-corrected chi connectivity index (χ4v) is 2.15. The van der Waals surface area contributed by atoms with Crippen molar-refractivity contribution in [2.75, 3.05) is 6.61 Å². The van der Waals surface area contributed by atoms with Crippen molar-refractivity contribution >= 4 is 11.9 Å². The first kappa shape index (κ1) is 16.3. The lowest BCUT2D eigenvalue weighted by molar-refractivity contribution is -0.238. The zero-order chi connectivity index (χ0) is 15.3. The van der Waals surface area contributed by atoms with Gasteiger partial charge in [0.15, 0.2) is 0 Å². The monoisotopic (exact) mass is 285 g/mol. The Morgan fingerprint density at radius 2 is 1.90 bits per heavy atom. The number of nitrogens with zero attached hydrogens (tertiary/aromatic N) is 3. The lowest BCUT2D eigenvalue weighted by Crippen LogP contribution is -2.51.